The van der Waals surface area contributed by atoms with E-state index in [-0.39, 0.29) is 6.61 Å². The number of aliphatic hydroxyl groups is 1. The summed E-state index contributed by atoms with van der Waals surface area (Å²) in [5.74, 6) is 0. The predicted octanol–water partition coefficient (Wildman–Crippen LogP) is 2.46. The van der Waals surface area contributed by atoms with Crippen LogP contribution in [0.1, 0.15) is 18.4 Å². The molecule has 0 spiro atoms. The molecular formula is C14H18N4O3. The van der Waals surface area contributed by atoms with Gasteiger partial charge in [0.2, 0.25) is 0 Å². The first kappa shape index (κ1) is 15.2. The van der Waals surface area contributed by atoms with Crippen LogP contribution in [0.3, 0.4) is 0 Å². The zero-order chi connectivity index (χ0) is 15.1. The van der Waals surface area contributed by atoms with E-state index in [1.165, 1.54) is 0 Å². The monoisotopic (exact) mass is 290 g/mol. The van der Waals surface area contributed by atoms with Crippen LogP contribution >= 0.6 is 0 Å². The van der Waals surface area contributed by atoms with Crippen molar-refractivity contribution in [3.8, 4) is 0 Å². The predicted molar refractivity (Wildman–Crippen MR) is 76.4 cm³/mol. The number of amides is 1. The van der Waals surface area contributed by atoms with Crippen molar-refractivity contribution in [3.05, 3.63) is 46.3 Å². The van der Waals surface area contributed by atoms with Crippen molar-refractivity contribution in [2.45, 2.75) is 31.6 Å². The molecule has 1 aromatic rings. The summed E-state index contributed by atoms with van der Waals surface area (Å²) in [5.41, 5.74) is 9.38. The minimum absolute atomic E-state index is 0.221. The Morgan fingerprint density at radius 3 is 2.81 bits per heavy atom. The summed E-state index contributed by atoms with van der Waals surface area (Å²) in [5, 5.41) is 13.4. The Morgan fingerprint density at radius 1 is 1.38 bits per heavy atom. The smallest absolute Gasteiger partial charge is 0.410 e. The Hall–Kier alpha value is -2.24. The van der Waals surface area contributed by atoms with Gasteiger partial charge < -0.3 is 14.7 Å². The second-order valence-electron chi connectivity index (χ2n) is 4.94. The highest BCUT2D eigenvalue weighted by Gasteiger charge is 2.26. The molecule has 7 heteroatoms. The van der Waals surface area contributed by atoms with Gasteiger partial charge in [0.1, 0.15) is 6.61 Å². The van der Waals surface area contributed by atoms with E-state index in [4.69, 9.17) is 10.3 Å². The van der Waals surface area contributed by atoms with Crippen LogP contribution in [0, 0.1) is 0 Å². The van der Waals surface area contributed by atoms with Gasteiger partial charge >= 0.3 is 6.09 Å². The number of azide groups is 1. The van der Waals surface area contributed by atoms with Gasteiger partial charge in [-0.2, -0.15) is 0 Å². The molecule has 1 fully saturated rings. The highest BCUT2D eigenvalue weighted by molar-refractivity contribution is 5.67. The Balaban J connectivity index is 1.87. The molecule has 1 N–H and O–H groups in total. The van der Waals surface area contributed by atoms with Crippen molar-refractivity contribution < 1.29 is 14.6 Å². The van der Waals surface area contributed by atoms with Gasteiger partial charge in [-0.25, -0.2) is 4.79 Å². The molecule has 1 heterocycles. The number of hydrogen-bond donors (Lipinski definition) is 1. The second kappa shape index (κ2) is 7.52. The summed E-state index contributed by atoms with van der Waals surface area (Å²) in [4.78, 5) is 16.3. The lowest BCUT2D eigenvalue weighted by Crippen LogP contribution is -2.32. The number of nitrogens with zero attached hydrogens (tertiary/aromatic N) is 4. The van der Waals surface area contributed by atoms with E-state index in [1.54, 1.807) is 4.90 Å². The van der Waals surface area contributed by atoms with Crippen molar-refractivity contribution in [1.82, 2.24) is 4.90 Å². The quantitative estimate of drug-likeness (QED) is 0.526. The van der Waals surface area contributed by atoms with Crippen LogP contribution in [0.15, 0.2) is 35.4 Å². The van der Waals surface area contributed by atoms with Gasteiger partial charge in [-0.1, -0.05) is 35.4 Å². The van der Waals surface area contributed by atoms with E-state index in [2.05, 4.69) is 10.0 Å². The first-order chi connectivity index (χ1) is 10.2. The van der Waals surface area contributed by atoms with Crippen molar-refractivity contribution in [1.29, 1.82) is 0 Å². The summed E-state index contributed by atoms with van der Waals surface area (Å²) < 4.78 is 5.26. The molecule has 0 radical (unpaired) electrons. The molecule has 2 atom stereocenters. The number of carbonyl (C=O) groups is 1. The Labute approximate surface area is 122 Å². The third kappa shape index (κ3) is 4.37. The van der Waals surface area contributed by atoms with Gasteiger partial charge in [0.05, 0.1) is 12.1 Å². The molecule has 21 heavy (non-hydrogen) atoms. The van der Waals surface area contributed by atoms with Crippen molar-refractivity contribution in [3.63, 3.8) is 0 Å². The maximum Gasteiger partial charge on any atom is 0.410 e. The van der Waals surface area contributed by atoms with Crippen molar-refractivity contribution >= 4 is 6.09 Å². The molecule has 1 aliphatic heterocycles. The normalized spacial score (nSPS) is 22.0. The van der Waals surface area contributed by atoms with Crippen LogP contribution in [0.5, 0.6) is 0 Å². The Bertz CT molecular complexity index is 516. The van der Waals surface area contributed by atoms with Gasteiger partial charge in [-0.05, 0) is 23.9 Å². The summed E-state index contributed by atoms with van der Waals surface area (Å²) in [6, 6.07) is 8.96. The molecular weight excluding hydrogens is 272 g/mol. The molecule has 1 aromatic carbocycles. The van der Waals surface area contributed by atoms with Gasteiger partial charge in [-0.3, -0.25) is 0 Å². The highest BCUT2D eigenvalue weighted by atomic mass is 16.6. The van der Waals surface area contributed by atoms with Gasteiger partial charge in [0, 0.05) is 18.0 Å². The molecule has 0 saturated carbocycles. The summed E-state index contributed by atoms with van der Waals surface area (Å²) >= 11 is 0. The van der Waals surface area contributed by atoms with E-state index >= 15 is 0 Å². The van der Waals surface area contributed by atoms with E-state index in [0.29, 0.717) is 25.9 Å². The topological polar surface area (TPSA) is 98.5 Å². The van der Waals surface area contributed by atoms with E-state index in [9.17, 15) is 9.90 Å². The first-order valence-electron chi connectivity index (χ1n) is 6.88. The molecule has 112 valence electrons. The average molecular weight is 290 g/mol. The van der Waals surface area contributed by atoms with E-state index in [1.807, 2.05) is 30.3 Å². The minimum atomic E-state index is -0.715. The lowest BCUT2D eigenvalue weighted by atomic mass is 10.1. The van der Waals surface area contributed by atoms with Crippen LogP contribution < -0.4 is 0 Å². The molecule has 7 nitrogen and oxygen atoms in total. The van der Waals surface area contributed by atoms with Crippen LogP contribution in [0.25, 0.3) is 10.4 Å². The molecule has 2 unspecified atom stereocenters. The Morgan fingerprint density at radius 2 is 2.10 bits per heavy atom. The number of ether oxygens (including phenoxy) is 1. The molecule has 1 amide bonds. The molecule has 1 saturated heterocycles. The third-order valence-electron chi connectivity index (χ3n) is 3.50. The molecule has 0 aliphatic carbocycles. The van der Waals surface area contributed by atoms with Crippen LogP contribution in [-0.4, -0.2) is 41.3 Å². The molecule has 1 aliphatic rings. The van der Waals surface area contributed by atoms with E-state index in [0.717, 1.165) is 5.56 Å². The SMILES string of the molecule is [N-]=[N+]=NC1CCN(C(=O)OCc2ccccc2)CCC1O. The fourth-order valence-electron chi connectivity index (χ4n) is 2.27. The summed E-state index contributed by atoms with van der Waals surface area (Å²) in [6.45, 7) is 1.03. The van der Waals surface area contributed by atoms with Crippen LogP contribution in [-0.2, 0) is 11.3 Å². The zero-order valence-electron chi connectivity index (χ0n) is 11.6. The molecule has 0 aromatic heterocycles. The number of rotatable bonds is 3. The maximum absolute atomic E-state index is 12.0. The minimum Gasteiger partial charge on any atom is -0.445 e. The number of benzene rings is 1. The number of carbonyl (C=O) groups excluding carboxylic acids is 1. The largest absolute Gasteiger partial charge is 0.445 e. The maximum atomic E-state index is 12.0. The van der Waals surface area contributed by atoms with Crippen molar-refractivity contribution in [2.24, 2.45) is 5.11 Å². The fraction of sp³-hybridized carbons (Fsp3) is 0.500. The number of hydrogen-bond acceptors (Lipinski definition) is 4. The Kier molecular flexibility index (Phi) is 5.43. The van der Waals surface area contributed by atoms with Gasteiger partial charge in [0.15, 0.2) is 0 Å². The lowest BCUT2D eigenvalue weighted by Gasteiger charge is -2.19. The molecule has 0 bridgehead atoms. The average Bonchev–Trinajstić information content (AvgIpc) is 2.69. The molecule has 2 rings (SSSR count). The number of aliphatic hydroxyl groups excluding tert-OH is 1. The van der Waals surface area contributed by atoms with Crippen LogP contribution in [0.2, 0.25) is 0 Å². The summed E-state index contributed by atoms with van der Waals surface area (Å²) in [7, 11) is 0. The second-order valence-corrected chi connectivity index (χ2v) is 4.94. The van der Waals surface area contributed by atoms with E-state index < -0.39 is 18.2 Å². The van der Waals surface area contributed by atoms with Crippen molar-refractivity contribution in [2.75, 3.05) is 13.1 Å². The van der Waals surface area contributed by atoms with Gasteiger partial charge in [0.25, 0.3) is 0 Å². The van der Waals surface area contributed by atoms with Crippen LogP contribution in [0.4, 0.5) is 4.79 Å². The highest BCUT2D eigenvalue weighted by Crippen LogP contribution is 2.16. The van der Waals surface area contributed by atoms with Gasteiger partial charge in [-0.15, -0.1) is 0 Å². The zero-order valence-corrected chi connectivity index (χ0v) is 11.6. The lowest BCUT2D eigenvalue weighted by molar-refractivity contribution is 0.0947. The third-order valence-corrected chi connectivity index (χ3v) is 3.50. The number of likely N-dealkylation sites (tertiary alicyclic amines) is 1. The fourth-order valence-corrected chi connectivity index (χ4v) is 2.27. The standard InChI is InChI=1S/C14H18N4O3/c15-17-16-12-6-8-18(9-7-13(12)19)14(20)21-10-11-4-2-1-3-5-11/h1-5,12-13,19H,6-10H2. The summed E-state index contributed by atoms with van der Waals surface area (Å²) in [6.07, 6.45) is -0.309. The first-order valence-corrected chi connectivity index (χ1v) is 6.88.